The monoisotopic (exact) mass is 402 g/mol. The normalized spacial score (nSPS) is 11.6. The molecule has 0 spiro atoms. The van der Waals surface area contributed by atoms with Crippen molar-refractivity contribution >= 4 is 11.8 Å². The Balaban J connectivity index is 2.56. The van der Waals surface area contributed by atoms with Gasteiger partial charge in [0.25, 0.3) is 11.8 Å². The highest BCUT2D eigenvalue weighted by atomic mass is 19.4. The lowest BCUT2D eigenvalue weighted by molar-refractivity contribution is -0.138. The van der Waals surface area contributed by atoms with Gasteiger partial charge in [-0.05, 0) is 12.1 Å². The van der Waals surface area contributed by atoms with Crippen LogP contribution in [-0.4, -0.2) is 33.2 Å². The summed E-state index contributed by atoms with van der Waals surface area (Å²) in [5.74, 6) is -3.24. The number of hydrogen-bond acceptors (Lipinski definition) is 5. The van der Waals surface area contributed by atoms with Crippen molar-refractivity contribution < 1.29 is 35.9 Å². The second-order valence-electron chi connectivity index (χ2n) is 5.19. The van der Waals surface area contributed by atoms with Gasteiger partial charge in [-0.1, -0.05) is 0 Å². The summed E-state index contributed by atoms with van der Waals surface area (Å²) in [7, 11) is 0. The molecule has 0 aromatic carbocycles. The van der Waals surface area contributed by atoms with Crippen LogP contribution in [0.5, 0.6) is 0 Å². The van der Waals surface area contributed by atoms with Gasteiger partial charge in [-0.3, -0.25) is 24.5 Å². The number of hydrogen-bond donors (Lipinski definition) is 0. The molecule has 12 heteroatoms. The van der Waals surface area contributed by atoms with Crippen LogP contribution in [0.4, 0.5) is 26.3 Å². The predicted molar refractivity (Wildman–Crippen MR) is 79.5 cm³/mol. The minimum absolute atomic E-state index is 0.0293. The molecule has 0 aliphatic heterocycles. The van der Waals surface area contributed by atoms with Gasteiger partial charge in [-0.25, -0.2) is 0 Å². The quantitative estimate of drug-likeness (QED) is 0.447. The average Bonchev–Trinajstić information content (AvgIpc) is 2.63. The molecule has 2 rings (SSSR count). The molecule has 146 valence electrons. The molecule has 2 aromatic heterocycles. The number of rotatable bonds is 3. The Kier molecular flexibility index (Phi) is 5.67. The second-order valence-corrected chi connectivity index (χ2v) is 5.19. The fourth-order valence-corrected chi connectivity index (χ4v) is 2.22. The Morgan fingerprint density at radius 2 is 1.29 bits per heavy atom. The maximum atomic E-state index is 13.1. The summed E-state index contributed by atoms with van der Waals surface area (Å²) < 4.78 is 78.6. The largest absolute Gasteiger partial charge is 0.417 e. The van der Waals surface area contributed by atoms with E-state index in [1.54, 1.807) is 0 Å². The molecule has 0 aliphatic carbocycles. The van der Waals surface area contributed by atoms with Crippen LogP contribution >= 0.6 is 0 Å². The molecule has 0 aliphatic rings. The van der Waals surface area contributed by atoms with E-state index in [0.29, 0.717) is 24.5 Å². The van der Waals surface area contributed by atoms with E-state index >= 15 is 0 Å². The third-order valence-corrected chi connectivity index (χ3v) is 3.43. The van der Waals surface area contributed by atoms with E-state index in [4.69, 9.17) is 5.26 Å². The molecule has 0 bridgehead atoms. The van der Waals surface area contributed by atoms with E-state index in [1.165, 1.54) is 6.07 Å². The third-order valence-electron chi connectivity index (χ3n) is 3.43. The highest BCUT2D eigenvalue weighted by molar-refractivity contribution is 6.11. The lowest BCUT2D eigenvalue weighted by atomic mass is 10.1. The first-order valence-corrected chi connectivity index (χ1v) is 7.24. The van der Waals surface area contributed by atoms with Crippen molar-refractivity contribution in [3.05, 3.63) is 59.2 Å². The molecule has 6 nitrogen and oxygen atoms in total. The van der Waals surface area contributed by atoms with E-state index in [2.05, 4.69) is 9.97 Å². The molecule has 0 saturated heterocycles. The summed E-state index contributed by atoms with van der Waals surface area (Å²) in [6.45, 7) is -1.09. The SMILES string of the molecule is N#CCN(C(=O)c1cnccc1C(F)(F)F)C(=O)c1cnccc1C(F)(F)F. The van der Waals surface area contributed by atoms with Crippen molar-refractivity contribution in [2.45, 2.75) is 12.4 Å². The summed E-state index contributed by atoms with van der Waals surface area (Å²) in [4.78, 5) is 31.7. The number of nitrogens with zero attached hydrogens (tertiary/aromatic N) is 4. The number of alkyl halides is 6. The number of imide groups is 1. The summed E-state index contributed by atoms with van der Waals surface area (Å²) >= 11 is 0. The number of carbonyl (C=O) groups excluding carboxylic acids is 2. The predicted octanol–water partition coefficient (Wildman–Crippen LogP) is 3.32. The van der Waals surface area contributed by atoms with Crippen molar-refractivity contribution in [2.24, 2.45) is 0 Å². The van der Waals surface area contributed by atoms with Crippen molar-refractivity contribution in [3.8, 4) is 6.07 Å². The van der Waals surface area contributed by atoms with Crippen LogP contribution in [0.15, 0.2) is 36.9 Å². The van der Waals surface area contributed by atoms with Crippen LogP contribution in [0.2, 0.25) is 0 Å². The van der Waals surface area contributed by atoms with E-state index in [0.717, 1.165) is 12.4 Å². The smallest absolute Gasteiger partial charge is 0.268 e. The van der Waals surface area contributed by atoms with Gasteiger partial charge in [0.1, 0.15) is 6.54 Å². The molecule has 2 heterocycles. The van der Waals surface area contributed by atoms with Crippen LogP contribution in [0, 0.1) is 11.3 Å². The van der Waals surface area contributed by atoms with Crippen molar-refractivity contribution in [2.75, 3.05) is 6.54 Å². The van der Waals surface area contributed by atoms with Gasteiger partial charge >= 0.3 is 12.4 Å². The van der Waals surface area contributed by atoms with Crippen LogP contribution in [0.1, 0.15) is 31.8 Å². The molecular formula is C16H8F6N4O2. The summed E-state index contributed by atoms with van der Waals surface area (Å²) in [6, 6.07) is 2.30. The molecule has 2 amide bonds. The molecule has 0 atom stereocenters. The van der Waals surface area contributed by atoms with Gasteiger partial charge in [-0.2, -0.15) is 31.6 Å². The first kappa shape index (κ1) is 20.8. The zero-order chi connectivity index (χ0) is 21.1. The third kappa shape index (κ3) is 4.25. The van der Waals surface area contributed by atoms with Crippen molar-refractivity contribution in [1.29, 1.82) is 5.26 Å². The highest BCUT2D eigenvalue weighted by Gasteiger charge is 2.40. The van der Waals surface area contributed by atoms with Crippen LogP contribution in [0.25, 0.3) is 0 Å². The molecular weight excluding hydrogens is 394 g/mol. The number of aromatic nitrogens is 2. The lowest BCUT2D eigenvalue weighted by Gasteiger charge is -2.21. The standard InChI is InChI=1S/C16H8F6N4O2/c17-15(18,19)11-1-4-24-7-9(11)13(27)26(6-3-23)14(28)10-8-25-5-2-12(10)16(20,21)22/h1-2,4-5,7-8H,6H2. The van der Waals surface area contributed by atoms with E-state index in [-0.39, 0.29) is 4.90 Å². The van der Waals surface area contributed by atoms with Gasteiger partial charge in [0.15, 0.2) is 0 Å². The minimum atomic E-state index is -5.00. The highest BCUT2D eigenvalue weighted by Crippen LogP contribution is 2.34. The van der Waals surface area contributed by atoms with Gasteiger partial charge in [-0.15, -0.1) is 0 Å². The molecule has 0 radical (unpaired) electrons. The topological polar surface area (TPSA) is 87.0 Å². The maximum Gasteiger partial charge on any atom is 0.417 e. The van der Waals surface area contributed by atoms with Crippen LogP contribution < -0.4 is 0 Å². The number of nitriles is 1. The average molecular weight is 402 g/mol. The fourth-order valence-electron chi connectivity index (χ4n) is 2.22. The summed E-state index contributed by atoms with van der Waals surface area (Å²) in [5.41, 5.74) is -5.08. The lowest BCUT2D eigenvalue weighted by Crippen LogP contribution is -2.39. The Morgan fingerprint density at radius 3 is 1.61 bits per heavy atom. The number of halogens is 6. The van der Waals surface area contributed by atoms with E-state index in [1.807, 2.05) is 0 Å². The number of pyridine rings is 2. The van der Waals surface area contributed by atoms with Gasteiger partial charge in [0.05, 0.1) is 28.3 Å². The zero-order valence-electron chi connectivity index (χ0n) is 13.5. The molecule has 28 heavy (non-hydrogen) atoms. The van der Waals surface area contributed by atoms with Crippen molar-refractivity contribution in [3.63, 3.8) is 0 Å². The number of carbonyl (C=O) groups is 2. The maximum absolute atomic E-state index is 13.1. The zero-order valence-corrected chi connectivity index (χ0v) is 13.5. The fraction of sp³-hybridized carbons (Fsp3) is 0.188. The second kappa shape index (κ2) is 7.63. The van der Waals surface area contributed by atoms with Gasteiger partial charge in [0, 0.05) is 24.8 Å². The number of amides is 2. The van der Waals surface area contributed by atoms with Gasteiger partial charge < -0.3 is 0 Å². The Labute approximate surface area is 153 Å². The Bertz CT molecular complexity index is 880. The molecule has 0 fully saturated rings. The first-order valence-electron chi connectivity index (χ1n) is 7.24. The Hall–Kier alpha value is -3.49. The molecule has 0 N–H and O–H groups in total. The summed E-state index contributed by atoms with van der Waals surface area (Å²) in [6.07, 6.45) is -7.48. The van der Waals surface area contributed by atoms with Gasteiger partial charge in [0.2, 0.25) is 0 Å². The van der Waals surface area contributed by atoms with E-state index in [9.17, 15) is 35.9 Å². The Morgan fingerprint density at radius 1 is 0.893 bits per heavy atom. The molecule has 0 saturated carbocycles. The molecule has 2 aromatic rings. The van der Waals surface area contributed by atoms with Crippen molar-refractivity contribution in [1.82, 2.24) is 14.9 Å². The minimum Gasteiger partial charge on any atom is -0.268 e. The van der Waals surface area contributed by atoms with E-state index < -0.39 is 53.0 Å². The first-order chi connectivity index (χ1) is 13.0. The van der Waals surface area contributed by atoms with Crippen LogP contribution in [-0.2, 0) is 12.4 Å². The summed E-state index contributed by atoms with van der Waals surface area (Å²) in [5, 5.41) is 8.81. The van der Waals surface area contributed by atoms with Crippen LogP contribution in [0.3, 0.4) is 0 Å². The molecule has 0 unspecified atom stereocenters.